The predicted octanol–water partition coefficient (Wildman–Crippen LogP) is 4.18. The lowest BCUT2D eigenvalue weighted by molar-refractivity contribution is -0.138. The summed E-state index contributed by atoms with van der Waals surface area (Å²) in [4.78, 5) is 2.86. The van der Waals surface area contributed by atoms with Gasteiger partial charge in [-0.1, -0.05) is 25.1 Å². The highest BCUT2D eigenvalue weighted by atomic mass is 32.1. The van der Waals surface area contributed by atoms with Crippen LogP contribution in [0.15, 0.2) is 30.5 Å². The number of nitrogens with zero attached hydrogens (tertiary/aromatic N) is 1. The summed E-state index contributed by atoms with van der Waals surface area (Å²) in [6.45, 7) is 2.06. The summed E-state index contributed by atoms with van der Waals surface area (Å²) in [5.74, 6) is 0. The molecule has 0 amide bonds. The third-order valence-corrected chi connectivity index (χ3v) is 3.31. The highest BCUT2D eigenvalue weighted by Crippen LogP contribution is 2.32. The minimum absolute atomic E-state index is 0.126. The molecule has 0 radical (unpaired) electrons. The summed E-state index contributed by atoms with van der Waals surface area (Å²) < 4.78 is 40.9. The Balaban J connectivity index is 2.44. The van der Waals surface area contributed by atoms with Crippen molar-refractivity contribution in [3.05, 3.63) is 52.1 Å². The molecule has 0 fully saturated rings. The second-order valence-corrected chi connectivity index (χ2v) is 4.57. The van der Waals surface area contributed by atoms with Crippen LogP contribution in [-0.4, -0.2) is 9.55 Å². The normalized spacial score (nSPS) is 11.8. The van der Waals surface area contributed by atoms with Crippen LogP contribution in [0.4, 0.5) is 13.2 Å². The monoisotopic (exact) mass is 286 g/mol. The Bertz CT molecular complexity index is 625. The highest BCUT2D eigenvalue weighted by molar-refractivity contribution is 7.71. The van der Waals surface area contributed by atoms with E-state index in [1.54, 1.807) is 16.8 Å². The van der Waals surface area contributed by atoms with Gasteiger partial charge in [0, 0.05) is 11.9 Å². The molecule has 102 valence electrons. The molecule has 0 saturated heterocycles. The minimum atomic E-state index is -4.35. The first-order valence-corrected chi connectivity index (χ1v) is 6.26. The number of H-pyrrole nitrogens is 1. The minimum Gasteiger partial charge on any atom is -0.337 e. The number of halogens is 3. The van der Waals surface area contributed by atoms with E-state index in [-0.39, 0.29) is 12.1 Å². The Morgan fingerprint density at radius 1 is 1.26 bits per heavy atom. The molecule has 1 aromatic heterocycles. The largest absolute Gasteiger partial charge is 0.416 e. The van der Waals surface area contributed by atoms with Crippen molar-refractivity contribution < 1.29 is 13.2 Å². The number of alkyl halides is 3. The number of hydrogen-bond acceptors (Lipinski definition) is 1. The van der Waals surface area contributed by atoms with E-state index >= 15 is 0 Å². The lowest BCUT2D eigenvalue weighted by Gasteiger charge is -2.14. The maximum absolute atomic E-state index is 12.9. The van der Waals surface area contributed by atoms with E-state index in [4.69, 9.17) is 12.2 Å². The molecule has 2 rings (SSSR count). The van der Waals surface area contributed by atoms with Gasteiger partial charge in [0.25, 0.3) is 0 Å². The van der Waals surface area contributed by atoms with E-state index in [2.05, 4.69) is 4.98 Å². The van der Waals surface area contributed by atoms with Crippen LogP contribution in [0.2, 0.25) is 0 Å². The Hall–Kier alpha value is -1.56. The third-order valence-electron chi connectivity index (χ3n) is 2.97. The molecule has 1 heterocycles. The topological polar surface area (TPSA) is 20.7 Å². The van der Waals surface area contributed by atoms with Gasteiger partial charge in [-0.05, 0) is 30.3 Å². The van der Waals surface area contributed by atoms with Crippen LogP contribution in [-0.2, 0) is 19.1 Å². The molecule has 2 aromatic rings. The van der Waals surface area contributed by atoms with Gasteiger partial charge in [-0.2, -0.15) is 13.2 Å². The fourth-order valence-electron chi connectivity index (χ4n) is 2.00. The van der Waals surface area contributed by atoms with E-state index in [1.165, 1.54) is 12.1 Å². The first-order chi connectivity index (χ1) is 8.93. The van der Waals surface area contributed by atoms with Crippen LogP contribution in [0.1, 0.15) is 23.7 Å². The second-order valence-electron chi connectivity index (χ2n) is 4.18. The van der Waals surface area contributed by atoms with Gasteiger partial charge in [-0.15, -0.1) is 0 Å². The van der Waals surface area contributed by atoms with Gasteiger partial charge in [-0.3, -0.25) is 0 Å². The van der Waals surface area contributed by atoms with Gasteiger partial charge in [-0.25, -0.2) is 0 Å². The van der Waals surface area contributed by atoms with Crippen LogP contribution >= 0.6 is 12.2 Å². The Kier molecular flexibility index (Phi) is 3.80. The lowest BCUT2D eigenvalue weighted by atomic mass is 10.1. The summed E-state index contributed by atoms with van der Waals surface area (Å²) in [5.41, 5.74) is 0.502. The Labute approximate surface area is 113 Å². The zero-order chi connectivity index (χ0) is 14.0. The molecule has 0 unspecified atom stereocenters. The number of rotatable bonds is 3. The average molecular weight is 286 g/mol. The zero-order valence-corrected chi connectivity index (χ0v) is 11.1. The quantitative estimate of drug-likeness (QED) is 0.840. The van der Waals surface area contributed by atoms with Crippen LogP contribution in [0.25, 0.3) is 0 Å². The molecule has 0 spiro atoms. The number of aryl methyl sites for hydroxylation is 1. The fraction of sp³-hybridized carbons (Fsp3) is 0.308. The van der Waals surface area contributed by atoms with Gasteiger partial charge in [0.1, 0.15) is 0 Å². The fourth-order valence-corrected chi connectivity index (χ4v) is 2.24. The van der Waals surface area contributed by atoms with E-state index in [1.807, 2.05) is 6.92 Å². The maximum atomic E-state index is 12.9. The van der Waals surface area contributed by atoms with Crippen molar-refractivity contribution in [2.24, 2.45) is 0 Å². The van der Waals surface area contributed by atoms with Crippen LogP contribution in [0.5, 0.6) is 0 Å². The van der Waals surface area contributed by atoms with Crippen LogP contribution < -0.4 is 0 Å². The molecule has 0 aliphatic carbocycles. The van der Waals surface area contributed by atoms with E-state index < -0.39 is 11.7 Å². The molecule has 0 aliphatic rings. The molecule has 0 saturated carbocycles. The van der Waals surface area contributed by atoms with Gasteiger partial charge in [0.05, 0.1) is 12.1 Å². The van der Waals surface area contributed by atoms with Crippen molar-refractivity contribution in [2.75, 3.05) is 0 Å². The van der Waals surface area contributed by atoms with Gasteiger partial charge < -0.3 is 9.55 Å². The van der Waals surface area contributed by atoms with E-state index in [0.29, 0.717) is 11.2 Å². The molecular weight excluding hydrogens is 273 g/mol. The molecule has 6 heteroatoms. The molecular formula is C13H13F3N2S. The van der Waals surface area contributed by atoms with E-state index in [9.17, 15) is 13.2 Å². The van der Waals surface area contributed by atoms with Gasteiger partial charge in [0.15, 0.2) is 4.77 Å². The smallest absolute Gasteiger partial charge is 0.337 e. The van der Waals surface area contributed by atoms with Crippen molar-refractivity contribution in [2.45, 2.75) is 26.1 Å². The molecule has 0 bridgehead atoms. The van der Waals surface area contributed by atoms with Crippen LogP contribution in [0, 0.1) is 4.77 Å². The van der Waals surface area contributed by atoms with Crippen LogP contribution in [0.3, 0.4) is 0 Å². The van der Waals surface area contributed by atoms with Crippen molar-refractivity contribution in [3.8, 4) is 0 Å². The summed E-state index contributed by atoms with van der Waals surface area (Å²) in [6, 6.07) is 5.57. The van der Waals surface area contributed by atoms with E-state index in [0.717, 1.165) is 11.8 Å². The van der Waals surface area contributed by atoms with Crippen molar-refractivity contribution in [1.29, 1.82) is 0 Å². The number of hydrogen-bond donors (Lipinski definition) is 1. The zero-order valence-electron chi connectivity index (χ0n) is 10.3. The molecule has 19 heavy (non-hydrogen) atoms. The third kappa shape index (κ3) is 2.89. The molecule has 0 atom stereocenters. The number of nitrogens with one attached hydrogen (secondary N) is 1. The molecule has 1 aromatic carbocycles. The van der Waals surface area contributed by atoms with Crippen molar-refractivity contribution >= 4 is 12.2 Å². The maximum Gasteiger partial charge on any atom is 0.416 e. The average Bonchev–Trinajstić information content (AvgIpc) is 2.70. The Morgan fingerprint density at radius 3 is 2.58 bits per heavy atom. The number of imidazole rings is 1. The van der Waals surface area contributed by atoms with Gasteiger partial charge >= 0.3 is 6.18 Å². The first-order valence-electron chi connectivity index (χ1n) is 5.85. The summed E-state index contributed by atoms with van der Waals surface area (Å²) >= 11 is 5.10. The lowest BCUT2D eigenvalue weighted by Crippen LogP contribution is -2.12. The summed E-state index contributed by atoms with van der Waals surface area (Å²) in [5, 5.41) is 0. The second kappa shape index (κ2) is 5.21. The van der Waals surface area contributed by atoms with Crippen molar-refractivity contribution in [3.63, 3.8) is 0 Å². The van der Waals surface area contributed by atoms with Gasteiger partial charge in [0.2, 0.25) is 0 Å². The highest BCUT2D eigenvalue weighted by Gasteiger charge is 2.32. The molecule has 2 nitrogen and oxygen atoms in total. The number of aromatic amines is 1. The number of benzene rings is 1. The van der Waals surface area contributed by atoms with Crippen molar-refractivity contribution in [1.82, 2.24) is 9.55 Å². The SMILES string of the molecule is CCc1c[nH]c(=S)n1Cc1ccccc1C(F)(F)F. The number of aromatic nitrogens is 2. The molecule has 1 N–H and O–H groups in total. The summed E-state index contributed by atoms with van der Waals surface area (Å²) in [7, 11) is 0. The summed E-state index contributed by atoms with van der Waals surface area (Å²) in [6.07, 6.45) is -1.90. The first kappa shape index (κ1) is 13.9. The molecule has 0 aliphatic heterocycles. The Morgan fingerprint density at radius 2 is 1.95 bits per heavy atom. The standard InChI is InChI=1S/C13H13F3N2S/c1-2-10-7-17-12(19)18(10)8-9-5-3-4-6-11(9)13(14,15)16/h3-7H,2,8H2,1H3,(H,17,19). The predicted molar refractivity (Wildman–Crippen MR) is 69.5 cm³/mol.